The van der Waals surface area contributed by atoms with Gasteiger partial charge >= 0.3 is 0 Å². The Labute approximate surface area is 128 Å². The number of nitrogens with one attached hydrogen (secondary N) is 1. The fourth-order valence-corrected chi connectivity index (χ4v) is 2.53. The highest BCUT2D eigenvalue weighted by molar-refractivity contribution is 6.31. The van der Waals surface area contributed by atoms with Crippen LogP contribution in [-0.4, -0.2) is 9.78 Å². The Bertz CT molecular complexity index is 724. The molecule has 0 bridgehead atoms. The van der Waals surface area contributed by atoms with Crippen molar-refractivity contribution >= 4 is 11.6 Å². The number of nitrogens with two attached hydrogens (primary N) is 1. The van der Waals surface area contributed by atoms with Crippen LogP contribution in [0.5, 0.6) is 0 Å². The molecule has 1 atom stereocenters. The maximum absolute atomic E-state index is 6.25. The van der Waals surface area contributed by atoms with Crippen LogP contribution in [-0.2, 0) is 0 Å². The molecule has 0 spiro atoms. The van der Waals surface area contributed by atoms with Gasteiger partial charge in [-0.3, -0.25) is 5.84 Å². The molecule has 0 aliphatic rings. The summed E-state index contributed by atoms with van der Waals surface area (Å²) in [5.41, 5.74) is 5.68. The fourth-order valence-electron chi connectivity index (χ4n) is 2.28. The van der Waals surface area contributed by atoms with Gasteiger partial charge in [-0.25, -0.2) is 10.1 Å². The van der Waals surface area contributed by atoms with E-state index in [1.807, 2.05) is 65.5 Å². The molecule has 3 N–H and O–H groups in total. The molecule has 3 aromatic rings. The van der Waals surface area contributed by atoms with Crippen LogP contribution < -0.4 is 11.3 Å². The van der Waals surface area contributed by atoms with Gasteiger partial charge in [-0.15, -0.1) is 0 Å². The molecule has 21 heavy (non-hydrogen) atoms. The summed E-state index contributed by atoms with van der Waals surface area (Å²) >= 11 is 6.25. The van der Waals surface area contributed by atoms with Crippen molar-refractivity contribution < 1.29 is 0 Å². The van der Waals surface area contributed by atoms with E-state index in [4.69, 9.17) is 17.4 Å². The molecule has 2 aromatic carbocycles. The van der Waals surface area contributed by atoms with Crippen LogP contribution in [0.2, 0.25) is 5.02 Å². The Morgan fingerprint density at radius 1 is 1.05 bits per heavy atom. The monoisotopic (exact) mass is 298 g/mol. The molecule has 1 unspecified atom stereocenters. The second kappa shape index (κ2) is 6.10. The van der Waals surface area contributed by atoms with Crippen LogP contribution in [0.25, 0.3) is 5.69 Å². The van der Waals surface area contributed by atoms with E-state index in [0.29, 0.717) is 5.02 Å². The lowest BCUT2D eigenvalue weighted by atomic mass is 10.0. The number of para-hydroxylation sites is 1. The van der Waals surface area contributed by atoms with Crippen LogP contribution in [0.3, 0.4) is 0 Å². The average molecular weight is 299 g/mol. The number of hydrogen-bond acceptors (Lipinski definition) is 3. The van der Waals surface area contributed by atoms with Crippen molar-refractivity contribution in [1.82, 2.24) is 15.2 Å². The maximum Gasteiger partial charge on any atom is 0.0755 e. The zero-order valence-corrected chi connectivity index (χ0v) is 12.0. The van der Waals surface area contributed by atoms with E-state index in [0.717, 1.165) is 16.8 Å². The topological polar surface area (TPSA) is 55.9 Å². The van der Waals surface area contributed by atoms with Crippen molar-refractivity contribution in [2.45, 2.75) is 6.04 Å². The number of rotatable bonds is 4. The molecule has 0 radical (unpaired) electrons. The van der Waals surface area contributed by atoms with Gasteiger partial charge in [0, 0.05) is 16.8 Å². The van der Waals surface area contributed by atoms with E-state index in [1.54, 1.807) is 6.20 Å². The Morgan fingerprint density at radius 3 is 2.48 bits per heavy atom. The summed E-state index contributed by atoms with van der Waals surface area (Å²) in [6.45, 7) is 0. The van der Waals surface area contributed by atoms with E-state index in [-0.39, 0.29) is 6.04 Å². The van der Waals surface area contributed by atoms with Crippen molar-refractivity contribution in [2.24, 2.45) is 5.84 Å². The Hall–Kier alpha value is -2.14. The summed E-state index contributed by atoms with van der Waals surface area (Å²) < 4.78 is 1.82. The largest absolute Gasteiger partial charge is 0.271 e. The van der Waals surface area contributed by atoms with Crippen LogP contribution in [0.15, 0.2) is 67.0 Å². The van der Waals surface area contributed by atoms with Crippen molar-refractivity contribution in [1.29, 1.82) is 0 Å². The first-order chi connectivity index (χ1) is 10.3. The van der Waals surface area contributed by atoms with Crippen LogP contribution in [0.1, 0.15) is 17.2 Å². The lowest BCUT2D eigenvalue weighted by Crippen LogP contribution is -2.28. The minimum atomic E-state index is -0.198. The number of hydrazine groups is 1. The van der Waals surface area contributed by atoms with E-state index in [2.05, 4.69) is 10.5 Å². The molecule has 0 fully saturated rings. The zero-order chi connectivity index (χ0) is 14.7. The molecule has 4 nitrogen and oxygen atoms in total. The third kappa shape index (κ3) is 2.83. The SMILES string of the molecule is NNC(c1cnn(-c2ccccc2)c1)c1ccccc1Cl. The van der Waals surface area contributed by atoms with Gasteiger partial charge in [0.2, 0.25) is 0 Å². The van der Waals surface area contributed by atoms with E-state index in [1.165, 1.54) is 0 Å². The summed E-state index contributed by atoms with van der Waals surface area (Å²) in [5, 5.41) is 5.06. The molecule has 1 aromatic heterocycles. The Balaban J connectivity index is 1.96. The van der Waals surface area contributed by atoms with E-state index >= 15 is 0 Å². The lowest BCUT2D eigenvalue weighted by molar-refractivity contribution is 0.637. The molecule has 1 heterocycles. The zero-order valence-electron chi connectivity index (χ0n) is 11.3. The van der Waals surface area contributed by atoms with Crippen molar-refractivity contribution in [3.8, 4) is 5.69 Å². The highest BCUT2D eigenvalue weighted by Crippen LogP contribution is 2.27. The van der Waals surface area contributed by atoms with Crippen molar-refractivity contribution in [2.75, 3.05) is 0 Å². The molecule has 0 saturated carbocycles. The molecule has 5 heteroatoms. The van der Waals surface area contributed by atoms with Crippen LogP contribution >= 0.6 is 11.6 Å². The van der Waals surface area contributed by atoms with E-state index < -0.39 is 0 Å². The van der Waals surface area contributed by atoms with Gasteiger partial charge in [-0.1, -0.05) is 48.0 Å². The standard InChI is InChI=1S/C16H15ClN4/c17-15-9-5-4-8-14(15)16(20-18)12-10-19-21(11-12)13-6-2-1-3-7-13/h1-11,16,20H,18H2. The average Bonchev–Trinajstić information content (AvgIpc) is 3.00. The van der Waals surface area contributed by atoms with Gasteiger partial charge in [0.25, 0.3) is 0 Å². The third-order valence-corrected chi connectivity index (χ3v) is 3.68. The minimum Gasteiger partial charge on any atom is -0.271 e. The molecule has 0 saturated heterocycles. The first-order valence-electron chi connectivity index (χ1n) is 6.60. The fraction of sp³-hybridized carbons (Fsp3) is 0.0625. The molecule has 0 aliphatic carbocycles. The van der Waals surface area contributed by atoms with Gasteiger partial charge < -0.3 is 0 Å². The van der Waals surface area contributed by atoms with Gasteiger partial charge in [0.15, 0.2) is 0 Å². The molecule has 3 rings (SSSR count). The number of benzene rings is 2. The quantitative estimate of drug-likeness (QED) is 0.575. The first kappa shape index (κ1) is 13.8. The van der Waals surface area contributed by atoms with Gasteiger partial charge in [-0.2, -0.15) is 5.10 Å². The number of aromatic nitrogens is 2. The summed E-state index contributed by atoms with van der Waals surface area (Å²) in [7, 11) is 0. The summed E-state index contributed by atoms with van der Waals surface area (Å²) in [4.78, 5) is 0. The second-order valence-corrected chi connectivity index (χ2v) is 5.08. The first-order valence-corrected chi connectivity index (χ1v) is 6.98. The van der Waals surface area contributed by atoms with E-state index in [9.17, 15) is 0 Å². The third-order valence-electron chi connectivity index (χ3n) is 3.34. The Kier molecular flexibility index (Phi) is 4.01. The Morgan fingerprint density at radius 2 is 1.76 bits per heavy atom. The molecular weight excluding hydrogens is 284 g/mol. The molecule has 0 aliphatic heterocycles. The van der Waals surface area contributed by atoms with Crippen LogP contribution in [0.4, 0.5) is 0 Å². The molecule has 0 amide bonds. The van der Waals surface area contributed by atoms with Gasteiger partial charge in [0.05, 0.1) is 17.9 Å². The predicted octanol–water partition coefficient (Wildman–Crippen LogP) is 3.08. The van der Waals surface area contributed by atoms with Crippen molar-refractivity contribution in [3.63, 3.8) is 0 Å². The van der Waals surface area contributed by atoms with Crippen LogP contribution in [0, 0.1) is 0 Å². The number of hydrogen-bond donors (Lipinski definition) is 2. The van der Waals surface area contributed by atoms with Gasteiger partial charge in [-0.05, 0) is 23.8 Å². The second-order valence-electron chi connectivity index (χ2n) is 4.67. The normalized spacial score (nSPS) is 12.3. The minimum absolute atomic E-state index is 0.198. The molecular formula is C16H15ClN4. The molecule has 106 valence electrons. The lowest BCUT2D eigenvalue weighted by Gasteiger charge is -2.15. The van der Waals surface area contributed by atoms with Gasteiger partial charge in [0.1, 0.15) is 0 Å². The maximum atomic E-state index is 6.25. The summed E-state index contributed by atoms with van der Waals surface area (Å²) in [6.07, 6.45) is 3.74. The smallest absolute Gasteiger partial charge is 0.0755 e. The summed E-state index contributed by atoms with van der Waals surface area (Å²) in [5.74, 6) is 5.71. The predicted molar refractivity (Wildman–Crippen MR) is 84.2 cm³/mol. The highest BCUT2D eigenvalue weighted by Gasteiger charge is 2.17. The number of nitrogens with zero attached hydrogens (tertiary/aromatic N) is 2. The summed E-state index contributed by atoms with van der Waals surface area (Å²) in [6, 6.07) is 17.4. The highest BCUT2D eigenvalue weighted by atomic mass is 35.5. The van der Waals surface area contributed by atoms with Crippen molar-refractivity contribution in [3.05, 3.63) is 83.1 Å². The number of halogens is 1.